The Morgan fingerprint density at radius 1 is 1.04 bits per heavy atom. The molecule has 0 unspecified atom stereocenters. The van der Waals surface area contributed by atoms with E-state index in [0.717, 1.165) is 37.3 Å². The van der Waals surface area contributed by atoms with Crippen LogP contribution in [0.15, 0.2) is 48.8 Å². The lowest BCUT2D eigenvalue weighted by Crippen LogP contribution is -2.14. The standard InChI is InChI=1S/C23H28N4/c1-17-18(2)25-27(19(17)3)15-14-26-16-24-22(20-10-6-4-7-11-20)23(26)21-12-8-5-9-13-21/h4-8,10-11,16,21H,9,12-15H2,1-3H3/t21-/m0/s1. The molecule has 1 aliphatic carbocycles. The highest BCUT2D eigenvalue weighted by Crippen LogP contribution is 2.35. The number of aryl methyl sites for hydroxylation is 3. The molecule has 4 heteroatoms. The van der Waals surface area contributed by atoms with Gasteiger partial charge in [0.25, 0.3) is 0 Å². The maximum atomic E-state index is 4.83. The van der Waals surface area contributed by atoms with E-state index in [1.807, 2.05) is 6.33 Å². The van der Waals surface area contributed by atoms with Gasteiger partial charge in [-0.3, -0.25) is 4.68 Å². The SMILES string of the molecule is Cc1nn(CCn2cnc(-c3ccccc3)c2[C@H]2CC=CCC2)c(C)c1C. The molecule has 4 rings (SSSR count). The number of hydrogen-bond donors (Lipinski definition) is 0. The van der Waals surface area contributed by atoms with Crippen molar-refractivity contribution in [3.8, 4) is 11.3 Å². The molecule has 1 atom stereocenters. The van der Waals surface area contributed by atoms with Crippen LogP contribution >= 0.6 is 0 Å². The fourth-order valence-electron chi connectivity index (χ4n) is 4.06. The highest BCUT2D eigenvalue weighted by molar-refractivity contribution is 5.62. The lowest BCUT2D eigenvalue weighted by molar-refractivity contribution is 0.488. The first-order valence-electron chi connectivity index (χ1n) is 9.91. The number of allylic oxidation sites excluding steroid dienone is 2. The zero-order valence-corrected chi connectivity index (χ0v) is 16.5. The summed E-state index contributed by atoms with van der Waals surface area (Å²) in [6, 6.07) is 10.6. The van der Waals surface area contributed by atoms with E-state index in [9.17, 15) is 0 Å². The van der Waals surface area contributed by atoms with Crippen LogP contribution < -0.4 is 0 Å². The molecular formula is C23H28N4. The van der Waals surface area contributed by atoms with Crippen molar-refractivity contribution < 1.29 is 0 Å². The second-order valence-electron chi connectivity index (χ2n) is 7.54. The van der Waals surface area contributed by atoms with Crippen LogP contribution in [0.1, 0.15) is 47.8 Å². The third-order valence-electron chi connectivity index (χ3n) is 5.88. The van der Waals surface area contributed by atoms with E-state index < -0.39 is 0 Å². The highest BCUT2D eigenvalue weighted by atomic mass is 15.3. The summed E-state index contributed by atoms with van der Waals surface area (Å²) in [7, 11) is 0. The van der Waals surface area contributed by atoms with E-state index >= 15 is 0 Å². The predicted octanol–water partition coefficient (Wildman–Crippen LogP) is 5.20. The lowest BCUT2D eigenvalue weighted by Gasteiger charge is -2.21. The summed E-state index contributed by atoms with van der Waals surface area (Å²) in [5, 5.41) is 4.70. The molecule has 0 amide bonds. The van der Waals surface area contributed by atoms with Crippen LogP contribution in [-0.4, -0.2) is 19.3 Å². The van der Waals surface area contributed by atoms with Crippen molar-refractivity contribution in [2.75, 3.05) is 0 Å². The maximum Gasteiger partial charge on any atom is 0.0956 e. The van der Waals surface area contributed by atoms with Gasteiger partial charge in [-0.1, -0.05) is 42.5 Å². The lowest BCUT2D eigenvalue weighted by atomic mass is 9.89. The van der Waals surface area contributed by atoms with E-state index in [4.69, 9.17) is 10.1 Å². The number of hydrogen-bond acceptors (Lipinski definition) is 2. The van der Waals surface area contributed by atoms with Gasteiger partial charge in [0.05, 0.1) is 24.3 Å². The minimum absolute atomic E-state index is 0.537. The van der Waals surface area contributed by atoms with Gasteiger partial charge in [0.15, 0.2) is 0 Å². The van der Waals surface area contributed by atoms with Crippen LogP contribution in [0.2, 0.25) is 0 Å². The number of nitrogens with zero attached hydrogens (tertiary/aromatic N) is 4. The Kier molecular flexibility index (Phi) is 4.97. The third kappa shape index (κ3) is 3.48. The second kappa shape index (κ2) is 7.55. The van der Waals surface area contributed by atoms with Gasteiger partial charge in [-0.05, 0) is 45.6 Å². The van der Waals surface area contributed by atoms with Gasteiger partial charge < -0.3 is 4.57 Å². The molecule has 0 bridgehead atoms. The smallest absolute Gasteiger partial charge is 0.0956 e. The molecule has 0 saturated carbocycles. The fourth-order valence-corrected chi connectivity index (χ4v) is 4.06. The first-order chi connectivity index (χ1) is 13.1. The Hall–Kier alpha value is -2.62. The molecule has 0 saturated heterocycles. The van der Waals surface area contributed by atoms with Crippen molar-refractivity contribution in [3.05, 3.63) is 71.5 Å². The van der Waals surface area contributed by atoms with Crippen molar-refractivity contribution in [1.29, 1.82) is 0 Å². The molecule has 2 heterocycles. The highest BCUT2D eigenvalue weighted by Gasteiger charge is 2.22. The Bertz CT molecular complexity index is 946. The Morgan fingerprint density at radius 2 is 1.85 bits per heavy atom. The Labute approximate surface area is 161 Å². The molecule has 0 aliphatic heterocycles. The normalized spacial score (nSPS) is 16.8. The van der Waals surface area contributed by atoms with Gasteiger partial charge in [0.1, 0.15) is 0 Å². The molecule has 2 aromatic heterocycles. The summed E-state index contributed by atoms with van der Waals surface area (Å²) in [5.41, 5.74) is 7.41. The summed E-state index contributed by atoms with van der Waals surface area (Å²) in [6.45, 7) is 8.17. The average molecular weight is 361 g/mol. The van der Waals surface area contributed by atoms with Crippen molar-refractivity contribution in [2.45, 2.75) is 59.0 Å². The van der Waals surface area contributed by atoms with Crippen LogP contribution in [0.3, 0.4) is 0 Å². The van der Waals surface area contributed by atoms with E-state index in [2.05, 4.69) is 72.5 Å². The molecule has 1 aliphatic rings. The molecule has 0 N–H and O–H groups in total. The topological polar surface area (TPSA) is 35.6 Å². The van der Waals surface area contributed by atoms with Crippen molar-refractivity contribution in [2.24, 2.45) is 0 Å². The third-order valence-corrected chi connectivity index (χ3v) is 5.88. The molecule has 0 radical (unpaired) electrons. The molecular weight excluding hydrogens is 332 g/mol. The van der Waals surface area contributed by atoms with Crippen molar-refractivity contribution >= 4 is 0 Å². The number of rotatable bonds is 5. The first-order valence-corrected chi connectivity index (χ1v) is 9.91. The minimum Gasteiger partial charge on any atom is -0.332 e. The monoisotopic (exact) mass is 360 g/mol. The maximum absolute atomic E-state index is 4.83. The van der Waals surface area contributed by atoms with Gasteiger partial charge in [0.2, 0.25) is 0 Å². The van der Waals surface area contributed by atoms with Gasteiger partial charge in [-0.25, -0.2) is 4.98 Å². The largest absolute Gasteiger partial charge is 0.332 e. The number of imidazole rings is 1. The van der Waals surface area contributed by atoms with E-state index in [1.165, 1.54) is 28.9 Å². The molecule has 0 fully saturated rings. The molecule has 140 valence electrons. The van der Waals surface area contributed by atoms with Crippen LogP contribution in [-0.2, 0) is 13.1 Å². The van der Waals surface area contributed by atoms with E-state index in [1.54, 1.807) is 0 Å². The minimum atomic E-state index is 0.537. The van der Waals surface area contributed by atoms with E-state index in [-0.39, 0.29) is 0 Å². The number of aromatic nitrogens is 4. The van der Waals surface area contributed by atoms with Gasteiger partial charge in [-0.2, -0.15) is 5.10 Å². The Balaban J connectivity index is 1.66. The van der Waals surface area contributed by atoms with Gasteiger partial charge in [-0.15, -0.1) is 0 Å². The fraction of sp³-hybridized carbons (Fsp3) is 0.391. The van der Waals surface area contributed by atoms with E-state index in [0.29, 0.717) is 5.92 Å². The summed E-state index contributed by atoms with van der Waals surface area (Å²) in [5.74, 6) is 0.537. The summed E-state index contributed by atoms with van der Waals surface area (Å²) >= 11 is 0. The van der Waals surface area contributed by atoms with Crippen LogP contribution in [0.25, 0.3) is 11.3 Å². The number of benzene rings is 1. The van der Waals surface area contributed by atoms with Crippen LogP contribution in [0, 0.1) is 20.8 Å². The molecule has 4 nitrogen and oxygen atoms in total. The summed E-state index contributed by atoms with van der Waals surface area (Å²) in [6.07, 6.45) is 10.1. The zero-order valence-electron chi connectivity index (χ0n) is 16.5. The molecule has 27 heavy (non-hydrogen) atoms. The Morgan fingerprint density at radius 3 is 2.52 bits per heavy atom. The molecule has 0 spiro atoms. The van der Waals surface area contributed by atoms with Gasteiger partial charge >= 0.3 is 0 Å². The summed E-state index contributed by atoms with van der Waals surface area (Å²) < 4.78 is 4.50. The predicted molar refractivity (Wildman–Crippen MR) is 110 cm³/mol. The van der Waals surface area contributed by atoms with Crippen molar-refractivity contribution in [1.82, 2.24) is 19.3 Å². The van der Waals surface area contributed by atoms with Crippen molar-refractivity contribution in [3.63, 3.8) is 0 Å². The van der Waals surface area contributed by atoms with Crippen LogP contribution in [0.5, 0.6) is 0 Å². The molecule has 3 aromatic rings. The zero-order chi connectivity index (χ0) is 18.8. The second-order valence-corrected chi connectivity index (χ2v) is 7.54. The first kappa shape index (κ1) is 17.8. The molecule has 1 aromatic carbocycles. The quantitative estimate of drug-likeness (QED) is 0.587. The van der Waals surface area contributed by atoms with Crippen LogP contribution in [0.4, 0.5) is 0 Å². The average Bonchev–Trinajstić information content (AvgIpc) is 3.24. The summed E-state index contributed by atoms with van der Waals surface area (Å²) in [4.78, 5) is 4.83. The van der Waals surface area contributed by atoms with Gasteiger partial charge in [0, 0.05) is 29.4 Å².